The van der Waals surface area contributed by atoms with Gasteiger partial charge in [-0.3, -0.25) is 4.79 Å². The fourth-order valence-electron chi connectivity index (χ4n) is 1.66. The third kappa shape index (κ3) is 4.70. The van der Waals surface area contributed by atoms with Crippen LogP contribution in [0.5, 0.6) is 0 Å². The molecular weight excluding hydrogens is 278 g/mol. The molecule has 2 N–H and O–H groups in total. The molecule has 0 saturated carbocycles. The van der Waals surface area contributed by atoms with Gasteiger partial charge in [-0.2, -0.15) is 0 Å². The number of carboxylic acids is 1. The molecule has 0 aliphatic rings. The number of amides is 1. The fourth-order valence-corrected chi connectivity index (χ4v) is 1.86. The second kappa shape index (κ2) is 7.70. The molecular formula is C15H18ClNO3. The Bertz CT molecular complexity index is 514. The summed E-state index contributed by atoms with van der Waals surface area (Å²) in [7, 11) is 0. The maximum Gasteiger partial charge on any atom is 0.326 e. The van der Waals surface area contributed by atoms with Crippen LogP contribution in [0, 0.1) is 5.92 Å². The van der Waals surface area contributed by atoms with Crippen molar-refractivity contribution in [3.63, 3.8) is 0 Å². The first-order chi connectivity index (χ1) is 9.45. The second-order valence-electron chi connectivity index (χ2n) is 4.56. The molecule has 0 saturated heterocycles. The largest absolute Gasteiger partial charge is 0.480 e. The van der Waals surface area contributed by atoms with Crippen molar-refractivity contribution >= 4 is 29.6 Å². The topological polar surface area (TPSA) is 66.4 Å². The van der Waals surface area contributed by atoms with Crippen LogP contribution < -0.4 is 5.32 Å². The molecule has 5 heteroatoms. The average molecular weight is 296 g/mol. The van der Waals surface area contributed by atoms with Gasteiger partial charge in [0.05, 0.1) is 0 Å². The maximum atomic E-state index is 11.8. The lowest BCUT2D eigenvalue weighted by Crippen LogP contribution is -2.44. The van der Waals surface area contributed by atoms with Gasteiger partial charge in [0.15, 0.2) is 0 Å². The van der Waals surface area contributed by atoms with Crippen molar-refractivity contribution in [2.45, 2.75) is 26.3 Å². The predicted octanol–water partition coefficient (Wildman–Crippen LogP) is 2.97. The first-order valence-corrected chi connectivity index (χ1v) is 6.79. The molecule has 0 fully saturated rings. The summed E-state index contributed by atoms with van der Waals surface area (Å²) >= 11 is 5.96. The van der Waals surface area contributed by atoms with Crippen LogP contribution >= 0.6 is 11.6 Å². The zero-order chi connectivity index (χ0) is 15.1. The minimum Gasteiger partial charge on any atom is -0.480 e. The fraction of sp³-hybridized carbons (Fsp3) is 0.333. The van der Waals surface area contributed by atoms with Gasteiger partial charge in [-0.15, -0.1) is 0 Å². The van der Waals surface area contributed by atoms with E-state index in [-0.39, 0.29) is 5.92 Å². The molecule has 0 heterocycles. The van der Waals surface area contributed by atoms with Crippen LogP contribution in [0.15, 0.2) is 30.3 Å². The normalized spacial score (nSPS) is 13.9. The van der Waals surface area contributed by atoms with Crippen LogP contribution in [0.4, 0.5) is 0 Å². The van der Waals surface area contributed by atoms with Crippen LogP contribution in [0.1, 0.15) is 25.8 Å². The van der Waals surface area contributed by atoms with Gasteiger partial charge in [0.2, 0.25) is 5.91 Å². The summed E-state index contributed by atoms with van der Waals surface area (Å²) in [6, 6.07) is 6.21. The predicted molar refractivity (Wildman–Crippen MR) is 79.5 cm³/mol. The van der Waals surface area contributed by atoms with E-state index in [1.54, 1.807) is 31.2 Å². The lowest BCUT2D eigenvalue weighted by molar-refractivity contribution is -0.142. The monoisotopic (exact) mass is 295 g/mol. The number of rotatable bonds is 6. The van der Waals surface area contributed by atoms with Crippen molar-refractivity contribution in [1.82, 2.24) is 5.32 Å². The molecule has 2 atom stereocenters. The molecule has 1 unspecified atom stereocenters. The Kier molecular flexibility index (Phi) is 6.25. The number of hydrogen-bond donors (Lipinski definition) is 2. The van der Waals surface area contributed by atoms with Gasteiger partial charge >= 0.3 is 5.97 Å². The Labute approximate surface area is 123 Å². The Morgan fingerprint density at radius 1 is 1.40 bits per heavy atom. The highest BCUT2D eigenvalue weighted by Crippen LogP contribution is 2.16. The summed E-state index contributed by atoms with van der Waals surface area (Å²) in [5, 5.41) is 12.1. The summed E-state index contributed by atoms with van der Waals surface area (Å²) in [6.07, 6.45) is 3.53. The minimum absolute atomic E-state index is 0.134. The summed E-state index contributed by atoms with van der Waals surface area (Å²) in [4.78, 5) is 22.9. The van der Waals surface area contributed by atoms with Crippen LogP contribution in [-0.4, -0.2) is 23.0 Å². The van der Waals surface area contributed by atoms with Crippen LogP contribution in [0.3, 0.4) is 0 Å². The number of carboxylic acid groups (broad SMARTS) is 1. The van der Waals surface area contributed by atoms with Gasteiger partial charge < -0.3 is 10.4 Å². The van der Waals surface area contributed by atoms with Crippen molar-refractivity contribution in [1.29, 1.82) is 0 Å². The van der Waals surface area contributed by atoms with E-state index in [4.69, 9.17) is 16.7 Å². The Balaban J connectivity index is 2.71. The first-order valence-electron chi connectivity index (χ1n) is 6.41. The molecule has 0 aliphatic carbocycles. The number of nitrogens with one attached hydrogen (secondary N) is 1. The molecule has 0 spiro atoms. The number of aliphatic carboxylic acids is 1. The molecule has 20 heavy (non-hydrogen) atoms. The third-order valence-corrected chi connectivity index (χ3v) is 3.44. The standard InChI is InChI=1S/C15H18ClNO3/c1-3-10(2)14(15(19)20)17-13(18)9-8-11-6-4-5-7-12(11)16/h4-10,14H,3H2,1-2H3,(H,17,18)(H,19,20)/t10?,14-/m0/s1. The van der Waals surface area contributed by atoms with E-state index in [0.717, 1.165) is 0 Å². The summed E-state index contributed by atoms with van der Waals surface area (Å²) < 4.78 is 0. The maximum absolute atomic E-state index is 11.8. The van der Waals surface area contributed by atoms with Gasteiger partial charge in [-0.25, -0.2) is 4.79 Å². The highest BCUT2D eigenvalue weighted by atomic mass is 35.5. The highest BCUT2D eigenvalue weighted by Gasteiger charge is 2.24. The SMILES string of the molecule is CCC(C)[C@H](NC(=O)C=Cc1ccccc1Cl)C(=O)O. The lowest BCUT2D eigenvalue weighted by Gasteiger charge is -2.19. The Morgan fingerprint density at radius 3 is 2.60 bits per heavy atom. The number of carbonyl (C=O) groups is 2. The zero-order valence-electron chi connectivity index (χ0n) is 11.5. The van der Waals surface area contributed by atoms with Crippen molar-refractivity contribution in [3.8, 4) is 0 Å². The molecule has 0 radical (unpaired) electrons. The molecule has 1 aromatic carbocycles. The second-order valence-corrected chi connectivity index (χ2v) is 4.97. The van der Waals surface area contributed by atoms with Crippen LogP contribution in [0.2, 0.25) is 5.02 Å². The van der Waals surface area contributed by atoms with E-state index in [9.17, 15) is 9.59 Å². The average Bonchev–Trinajstić information content (AvgIpc) is 2.42. The van der Waals surface area contributed by atoms with Crippen molar-refractivity contribution in [3.05, 3.63) is 40.9 Å². The number of halogens is 1. The van der Waals surface area contributed by atoms with E-state index < -0.39 is 17.9 Å². The number of hydrogen-bond acceptors (Lipinski definition) is 2. The zero-order valence-corrected chi connectivity index (χ0v) is 12.2. The molecule has 1 aromatic rings. The van der Waals surface area contributed by atoms with Crippen molar-refractivity contribution in [2.24, 2.45) is 5.92 Å². The van der Waals surface area contributed by atoms with E-state index in [0.29, 0.717) is 17.0 Å². The van der Waals surface area contributed by atoms with Crippen LogP contribution in [0.25, 0.3) is 6.08 Å². The summed E-state index contributed by atoms with van der Waals surface area (Å²) in [5.74, 6) is -1.61. The van der Waals surface area contributed by atoms with E-state index in [2.05, 4.69) is 5.32 Å². The van der Waals surface area contributed by atoms with Crippen molar-refractivity contribution in [2.75, 3.05) is 0 Å². The van der Waals surface area contributed by atoms with Crippen LogP contribution in [-0.2, 0) is 9.59 Å². The number of benzene rings is 1. The quantitative estimate of drug-likeness (QED) is 0.793. The lowest BCUT2D eigenvalue weighted by atomic mass is 9.99. The first kappa shape index (κ1) is 16.2. The minimum atomic E-state index is -1.03. The molecule has 0 aliphatic heterocycles. The molecule has 1 rings (SSSR count). The summed E-state index contributed by atoms with van der Waals surface area (Å²) in [6.45, 7) is 3.67. The van der Waals surface area contributed by atoms with Gasteiger partial charge in [0, 0.05) is 11.1 Å². The van der Waals surface area contributed by atoms with Gasteiger partial charge in [0.1, 0.15) is 6.04 Å². The van der Waals surface area contributed by atoms with E-state index in [1.807, 2.05) is 13.0 Å². The molecule has 4 nitrogen and oxygen atoms in total. The van der Waals surface area contributed by atoms with Crippen molar-refractivity contribution < 1.29 is 14.7 Å². The highest BCUT2D eigenvalue weighted by molar-refractivity contribution is 6.32. The Hall–Kier alpha value is -1.81. The van der Waals surface area contributed by atoms with Gasteiger partial charge in [-0.1, -0.05) is 50.1 Å². The number of carbonyl (C=O) groups excluding carboxylic acids is 1. The van der Waals surface area contributed by atoms with E-state index in [1.165, 1.54) is 6.08 Å². The molecule has 0 bridgehead atoms. The Morgan fingerprint density at radius 2 is 2.05 bits per heavy atom. The molecule has 108 valence electrons. The van der Waals surface area contributed by atoms with Gasteiger partial charge in [-0.05, 0) is 23.6 Å². The smallest absolute Gasteiger partial charge is 0.326 e. The van der Waals surface area contributed by atoms with Gasteiger partial charge in [0.25, 0.3) is 0 Å². The van der Waals surface area contributed by atoms with E-state index >= 15 is 0 Å². The summed E-state index contributed by atoms with van der Waals surface area (Å²) in [5.41, 5.74) is 0.708. The third-order valence-electron chi connectivity index (χ3n) is 3.10. The molecule has 0 aromatic heterocycles. The molecule has 1 amide bonds.